The van der Waals surface area contributed by atoms with E-state index in [-0.39, 0.29) is 5.91 Å². The van der Waals surface area contributed by atoms with Crippen molar-refractivity contribution >= 4 is 32.6 Å². The first kappa shape index (κ1) is 11.1. The number of aliphatic imine (C=N–C) groups is 1. The quantitative estimate of drug-likeness (QED) is 0.746. The highest BCUT2D eigenvalue weighted by atomic mass is 35.7. The fourth-order valence-corrected chi connectivity index (χ4v) is 1.37. The summed E-state index contributed by atoms with van der Waals surface area (Å²) < 4.78 is 0. The van der Waals surface area contributed by atoms with Crippen molar-refractivity contribution in [3.05, 3.63) is 36.1 Å². The lowest BCUT2D eigenvalue weighted by Crippen LogP contribution is -2.19. The molecule has 5 heteroatoms. The van der Waals surface area contributed by atoms with Crippen molar-refractivity contribution in [2.24, 2.45) is 4.99 Å². The monoisotopic (exact) mass is 228 g/mol. The van der Waals surface area contributed by atoms with E-state index in [4.69, 9.17) is 10.7 Å². The minimum absolute atomic E-state index is 0.136. The number of nitrogens with zero attached hydrogens (tertiary/aromatic N) is 1. The molecule has 3 nitrogen and oxygen atoms in total. The Hall–Kier alpha value is -1.00. The summed E-state index contributed by atoms with van der Waals surface area (Å²) in [6.07, 6.45) is 8.37. The van der Waals surface area contributed by atoms with Crippen molar-refractivity contribution in [1.29, 1.82) is 0 Å². The number of halogens is 1. The molecule has 0 aromatic heterocycles. The largest absolute Gasteiger partial charge is 0.355 e. The van der Waals surface area contributed by atoms with Gasteiger partial charge >= 0.3 is 0 Å². The number of nitrogens with one attached hydrogen (secondary N) is 1. The maximum absolute atomic E-state index is 11.2. The van der Waals surface area contributed by atoms with E-state index >= 15 is 0 Å². The standard InChI is InChI=1S/C9H9ClN2OS/c1-11-9(13)7-3-2-4-8(14-10)12-6-5-7/h2-6H,1H3,(H,11,13)/b3-2?,4-2-,6-5-,7-3+,7-5?,8-4?,12-6?,12-8+. The van der Waals surface area contributed by atoms with Crippen LogP contribution in [0.25, 0.3) is 0 Å². The smallest absolute Gasteiger partial charge is 0.251 e. The number of allylic oxidation sites excluding steroid dienone is 2. The molecule has 1 heterocycles. The first-order chi connectivity index (χ1) is 6.77. The van der Waals surface area contributed by atoms with Crippen LogP contribution in [0.3, 0.4) is 0 Å². The van der Waals surface area contributed by atoms with Crippen molar-refractivity contribution in [3.63, 3.8) is 0 Å². The summed E-state index contributed by atoms with van der Waals surface area (Å²) in [5, 5.41) is 3.23. The number of carbonyl (C=O) groups is 1. The van der Waals surface area contributed by atoms with Gasteiger partial charge in [-0.1, -0.05) is 6.08 Å². The van der Waals surface area contributed by atoms with E-state index < -0.39 is 0 Å². The number of likely N-dealkylation sites (N-methyl/N-ethyl adjacent to an activating group) is 1. The molecule has 1 aliphatic heterocycles. The van der Waals surface area contributed by atoms with Crippen LogP contribution in [0.1, 0.15) is 0 Å². The second-order valence-corrected chi connectivity index (χ2v) is 3.46. The van der Waals surface area contributed by atoms with Gasteiger partial charge in [-0.05, 0) is 28.9 Å². The Morgan fingerprint density at radius 2 is 2.36 bits per heavy atom. The molecule has 0 atom stereocenters. The van der Waals surface area contributed by atoms with Gasteiger partial charge in [-0.25, -0.2) is 4.99 Å². The Labute approximate surface area is 91.1 Å². The molecule has 0 unspecified atom stereocenters. The van der Waals surface area contributed by atoms with Gasteiger partial charge in [-0.3, -0.25) is 4.79 Å². The average Bonchev–Trinajstić information content (AvgIpc) is 2.17. The van der Waals surface area contributed by atoms with Gasteiger partial charge in [0.1, 0.15) is 5.04 Å². The number of rotatable bonds is 1. The zero-order valence-corrected chi connectivity index (χ0v) is 9.10. The van der Waals surface area contributed by atoms with Gasteiger partial charge in [0, 0.05) is 29.8 Å². The van der Waals surface area contributed by atoms with E-state index in [2.05, 4.69) is 10.3 Å². The van der Waals surface area contributed by atoms with Crippen molar-refractivity contribution in [3.8, 4) is 0 Å². The Balaban J connectivity index is 2.83. The summed E-state index contributed by atoms with van der Waals surface area (Å²) in [7, 11) is 8.16. The Morgan fingerprint density at radius 3 is 3.00 bits per heavy atom. The van der Waals surface area contributed by atoms with Crippen LogP contribution in [0, 0.1) is 0 Å². The summed E-state index contributed by atoms with van der Waals surface area (Å²) in [5.41, 5.74) is 0.561. The van der Waals surface area contributed by atoms with E-state index in [1.54, 1.807) is 37.6 Å². The third-order valence-corrected chi connectivity index (χ3v) is 2.41. The lowest BCUT2D eigenvalue weighted by Gasteiger charge is -2.00. The molecule has 0 aromatic rings. The highest BCUT2D eigenvalue weighted by Gasteiger charge is 2.02. The first-order valence-corrected chi connectivity index (χ1v) is 5.55. The van der Waals surface area contributed by atoms with Crippen LogP contribution in [0.2, 0.25) is 0 Å². The highest BCUT2D eigenvalue weighted by molar-refractivity contribution is 8.33. The summed E-state index contributed by atoms with van der Waals surface area (Å²) in [6.45, 7) is 0. The predicted molar refractivity (Wildman–Crippen MR) is 61.3 cm³/mol. The molecule has 74 valence electrons. The third-order valence-electron chi connectivity index (χ3n) is 1.54. The topological polar surface area (TPSA) is 41.5 Å². The predicted octanol–water partition coefficient (Wildman–Crippen LogP) is 2.03. The van der Waals surface area contributed by atoms with E-state index in [9.17, 15) is 4.79 Å². The third kappa shape index (κ3) is 3.05. The molecule has 0 saturated carbocycles. The van der Waals surface area contributed by atoms with Gasteiger partial charge in [0.05, 0.1) is 0 Å². The zero-order chi connectivity index (χ0) is 10.4. The van der Waals surface area contributed by atoms with Crippen LogP contribution in [-0.4, -0.2) is 18.0 Å². The maximum atomic E-state index is 11.2. The second-order valence-electron chi connectivity index (χ2n) is 2.42. The molecular weight excluding hydrogens is 220 g/mol. The van der Waals surface area contributed by atoms with Gasteiger partial charge in [0.15, 0.2) is 0 Å². The molecule has 14 heavy (non-hydrogen) atoms. The molecule has 0 spiro atoms. The van der Waals surface area contributed by atoms with Gasteiger partial charge < -0.3 is 5.32 Å². The highest BCUT2D eigenvalue weighted by Crippen LogP contribution is 2.13. The van der Waals surface area contributed by atoms with Crippen LogP contribution in [0.5, 0.6) is 0 Å². The molecule has 1 rings (SSSR count). The molecule has 1 amide bonds. The molecule has 0 bridgehead atoms. The molecule has 1 N–H and O–H groups in total. The average molecular weight is 229 g/mol. The van der Waals surface area contributed by atoms with Gasteiger partial charge in [0.2, 0.25) is 0 Å². The first-order valence-electron chi connectivity index (χ1n) is 3.91. The SMILES string of the molecule is CNC(=O)C1=C/C=C\C(SCl)=N/C=C\1. The fourth-order valence-electron chi connectivity index (χ4n) is 0.865. The minimum Gasteiger partial charge on any atom is -0.355 e. The van der Waals surface area contributed by atoms with Crippen molar-refractivity contribution in [2.45, 2.75) is 0 Å². The van der Waals surface area contributed by atoms with Crippen LogP contribution in [0.15, 0.2) is 41.1 Å². The van der Waals surface area contributed by atoms with Gasteiger partial charge in [-0.15, -0.1) is 0 Å². The number of amides is 1. The Kier molecular flexibility index (Phi) is 4.49. The Bertz CT molecular complexity index is 345. The van der Waals surface area contributed by atoms with Crippen LogP contribution in [-0.2, 0) is 4.79 Å². The fraction of sp³-hybridized carbons (Fsp3) is 0.111. The summed E-state index contributed by atoms with van der Waals surface area (Å²) in [4.78, 5) is 15.3. The summed E-state index contributed by atoms with van der Waals surface area (Å²) in [5.74, 6) is -0.136. The van der Waals surface area contributed by atoms with E-state index in [1.165, 1.54) is 0 Å². The van der Waals surface area contributed by atoms with E-state index in [0.29, 0.717) is 10.6 Å². The summed E-state index contributed by atoms with van der Waals surface area (Å²) >= 11 is 0. The van der Waals surface area contributed by atoms with Crippen LogP contribution < -0.4 is 5.32 Å². The van der Waals surface area contributed by atoms with Crippen LogP contribution >= 0.6 is 21.7 Å². The van der Waals surface area contributed by atoms with Crippen molar-refractivity contribution in [2.75, 3.05) is 7.05 Å². The molecule has 0 fully saturated rings. The number of carbonyl (C=O) groups excluding carboxylic acids is 1. The normalized spacial score (nSPS) is 27.3. The number of hydrogen-bond acceptors (Lipinski definition) is 3. The van der Waals surface area contributed by atoms with E-state index in [0.717, 1.165) is 11.0 Å². The summed E-state index contributed by atoms with van der Waals surface area (Å²) in [6, 6.07) is 0. The van der Waals surface area contributed by atoms with Gasteiger partial charge in [-0.2, -0.15) is 0 Å². The second kappa shape index (κ2) is 5.67. The molecule has 1 aliphatic rings. The Morgan fingerprint density at radius 1 is 1.57 bits per heavy atom. The van der Waals surface area contributed by atoms with Gasteiger partial charge in [0.25, 0.3) is 5.91 Å². The molecule has 0 radical (unpaired) electrons. The number of hydrogen-bond donors (Lipinski definition) is 1. The van der Waals surface area contributed by atoms with Crippen molar-refractivity contribution < 1.29 is 4.79 Å². The lowest BCUT2D eigenvalue weighted by molar-refractivity contribution is -0.116. The molecule has 0 aliphatic carbocycles. The molecule has 0 saturated heterocycles. The van der Waals surface area contributed by atoms with Crippen molar-refractivity contribution in [1.82, 2.24) is 5.32 Å². The minimum atomic E-state index is -0.136. The van der Waals surface area contributed by atoms with Crippen LogP contribution in [0.4, 0.5) is 0 Å². The molecule has 0 aromatic carbocycles. The molecular formula is C9H9ClN2OS. The zero-order valence-electron chi connectivity index (χ0n) is 7.53. The maximum Gasteiger partial charge on any atom is 0.251 e. The van der Waals surface area contributed by atoms with E-state index in [1.807, 2.05) is 0 Å². The lowest BCUT2D eigenvalue weighted by atomic mass is 10.2.